The van der Waals surface area contributed by atoms with Crippen molar-refractivity contribution in [2.24, 2.45) is 0 Å². The monoisotopic (exact) mass is 694 g/mol. The Morgan fingerprint density at radius 1 is 1.07 bits per heavy atom. The molecule has 0 saturated carbocycles. The minimum absolute atomic E-state index is 0.117. The number of nitrogens with one attached hydrogen (secondary N) is 1. The van der Waals surface area contributed by atoms with Gasteiger partial charge in [0.25, 0.3) is 5.56 Å². The predicted molar refractivity (Wildman–Crippen MR) is 151 cm³/mol. The number of aliphatic hydroxyl groups excluding tert-OH is 1. The molecule has 2 fully saturated rings. The van der Waals surface area contributed by atoms with Crippen LogP contribution in [0, 0.1) is 0 Å². The average molecular weight is 694 g/mol. The number of aromatic amines is 1. The second-order valence-corrected chi connectivity index (χ2v) is 13.3. The number of halogens is 2. The highest BCUT2D eigenvalue weighted by Gasteiger charge is 2.53. The average Bonchev–Trinajstić information content (AvgIpc) is 3.73. The molecule has 0 bridgehead atoms. The highest BCUT2D eigenvalue weighted by atomic mass is 32.5. The van der Waals surface area contributed by atoms with Crippen LogP contribution in [0.5, 0.6) is 0 Å². The maximum atomic E-state index is 15.6. The van der Waals surface area contributed by atoms with Crippen molar-refractivity contribution in [1.82, 2.24) is 34.1 Å². The van der Waals surface area contributed by atoms with E-state index in [1.165, 1.54) is 23.2 Å². The molecule has 242 valence electrons. The summed E-state index contributed by atoms with van der Waals surface area (Å²) >= 11 is 5.09. The molecule has 0 spiro atoms. The van der Waals surface area contributed by atoms with E-state index in [0.717, 1.165) is 10.9 Å². The van der Waals surface area contributed by atoms with Crippen LogP contribution in [0.15, 0.2) is 29.7 Å². The number of nitrogens with two attached hydrogens (primary N) is 2. The van der Waals surface area contributed by atoms with Crippen molar-refractivity contribution in [2.75, 3.05) is 24.7 Å². The Morgan fingerprint density at radius 3 is 2.47 bits per heavy atom. The van der Waals surface area contributed by atoms with Gasteiger partial charge in [-0.05, 0) is 17.9 Å². The fourth-order valence-corrected chi connectivity index (χ4v) is 6.95. The van der Waals surface area contributed by atoms with E-state index in [4.69, 9.17) is 46.3 Å². The molecule has 8 N–H and O–H groups in total. The van der Waals surface area contributed by atoms with E-state index in [0.29, 0.717) is 0 Å². The quantitative estimate of drug-likeness (QED) is 0.118. The van der Waals surface area contributed by atoms with Crippen LogP contribution in [-0.2, 0) is 39.4 Å². The molecule has 0 amide bonds. The van der Waals surface area contributed by atoms with E-state index in [2.05, 4.69) is 24.9 Å². The number of ether oxygens (including phenoxy) is 2. The van der Waals surface area contributed by atoms with Crippen molar-refractivity contribution in [3.05, 3.63) is 35.3 Å². The first-order valence-electron chi connectivity index (χ1n) is 12.9. The molecule has 6 heterocycles. The summed E-state index contributed by atoms with van der Waals surface area (Å²) < 4.78 is 71.9. The van der Waals surface area contributed by atoms with E-state index in [-0.39, 0.29) is 34.0 Å². The van der Waals surface area contributed by atoms with Crippen molar-refractivity contribution >= 4 is 60.7 Å². The summed E-state index contributed by atoms with van der Waals surface area (Å²) in [7, 11) is -3.32. The second kappa shape index (κ2) is 12.2. The Kier molecular flexibility index (Phi) is 8.65. The van der Waals surface area contributed by atoms with Gasteiger partial charge in [-0.15, -0.1) is 9.42 Å². The zero-order chi connectivity index (χ0) is 32.2. The van der Waals surface area contributed by atoms with Crippen molar-refractivity contribution in [2.45, 2.75) is 49.2 Å². The lowest BCUT2D eigenvalue weighted by molar-refractivity contribution is -0.0542. The van der Waals surface area contributed by atoms with Crippen molar-refractivity contribution < 1.29 is 51.3 Å². The minimum atomic E-state index is -4.45. The number of nitrogen functional groups attached to an aromatic ring is 2. The molecule has 0 radical (unpaired) electrons. The smallest absolute Gasteiger partial charge is 0.397 e. The van der Waals surface area contributed by atoms with Gasteiger partial charge in [-0.1, -0.05) is 0 Å². The molecular formula is C21H24F2N9O10P2S+. The molecule has 6 rings (SSSR count). The lowest BCUT2D eigenvalue weighted by Crippen LogP contribution is -2.34. The van der Waals surface area contributed by atoms with Gasteiger partial charge in [-0.25, -0.2) is 23.7 Å². The van der Waals surface area contributed by atoms with Crippen molar-refractivity contribution in [3.63, 3.8) is 0 Å². The summed E-state index contributed by atoms with van der Waals surface area (Å²) in [5, 5.41) is 9.65. The summed E-state index contributed by atoms with van der Waals surface area (Å²) in [6.45, 7) is -6.00. The maximum Gasteiger partial charge on any atom is 0.695 e. The number of nitrogens with zero attached hydrogens (tertiary/aromatic N) is 6. The third-order valence-corrected chi connectivity index (χ3v) is 9.05. The maximum absolute atomic E-state index is 15.6. The van der Waals surface area contributed by atoms with Crippen LogP contribution in [0.3, 0.4) is 0 Å². The van der Waals surface area contributed by atoms with Crippen LogP contribution in [0.2, 0.25) is 0 Å². The molecule has 24 heteroatoms. The molecule has 2 aliphatic heterocycles. The normalized spacial score (nSPS) is 30.3. The molecule has 2 saturated heterocycles. The number of H-pyrrole nitrogens is 1. The first kappa shape index (κ1) is 31.8. The van der Waals surface area contributed by atoms with E-state index >= 15 is 8.78 Å². The first-order chi connectivity index (χ1) is 21.4. The third kappa shape index (κ3) is 5.95. The summed E-state index contributed by atoms with van der Waals surface area (Å²) in [4.78, 5) is 50.9. The van der Waals surface area contributed by atoms with Crippen LogP contribution >= 0.6 is 15.0 Å². The molecule has 19 nitrogen and oxygen atoms in total. The van der Waals surface area contributed by atoms with Gasteiger partial charge in [0.1, 0.15) is 23.8 Å². The Morgan fingerprint density at radius 2 is 1.76 bits per heavy atom. The van der Waals surface area contributed by atoms with Gasteiger partial charge in [-0.2, -0.15) is 4.98 Å². The molecule has 0 aliphatic carbocycles. The number of alkyl halides is 2. The highest BCUT2D eigenvalue weighted by Crippen LogP contribution is 2.51. The zero-order valence-electron chi connectivity index (χ0n) is 22.4. The number of rotatable bonds is 10. The number of hydrogen-bond acceptors (Lipinski definition) is 15. The molecule has 45 heavy (non-hydrogen) atoms. The van der Waals surface area contributed by atoms with Gasteiger partial charge >= 0.3 is 15.0 Å². The van der Waals surface area contributed by atoms with Crippen LogP contribution in [0.4, 0.5) is 20.4 Å². The molecule has 4 aromatic rings. The standard InChI is InChI=1S/C21H23F2N9O10P2S/c22-10-8(3-33)39-20(32-6-28-13-17(32)29-21(25)30-18(13)34)15(10)42-44(37,45)38-4-9-14(41-43(35)36)11(23)19(40-9)31-5-27-12-7(24)1-2-26-16(12)31/h1-2,5-6,8-11,14-15,19-20,33H,3-4H2,(H6-,24,25,26,29,30,34,35,36,37,45)/p+1/t8-,9-,10-,11+,14-,15-,19-,20-,44?/m1/s1. The zero-order valence-corrected chi connectivity index (χ0v) is 25.0. The topological polar surface area (TPSA) is 270 Å². The SMILES string of the molecule is Nc1nc2c(ncn2[C@@H]2O[C@H](CO)[C@@H](F)[C@H]2OP(O)(=S)OC[C@H]2O[C@@H](n3cnc4c(N)ccnc43)[C@@H](F)[C@@H]2O[P+](=O)O)c(=O)[nH]1. The van der Waals surface area contributed by atoms with E-state index in [1.807, 2.05) is 0 Å². The summed E-state index contributed by atoms with van der Waals surface area (Å²) in [5.41, 5.74) is 11.2. The number of aromatic nitrogens is 7. The largest absolute Gasteiger partial charge is 0.695 e. The first-order valence-corrected chi connectivity index (χ1v) is 16.6. The van der Waals surface area contributed by atoms with Crippen LogP contribution in [0.25, 0.3) is 22.3 Å². The van der Waals surface area contributed by atoms with Gasteiger partial charge in [0.15, 0.2) is 47.7 Å². The minimum Gasteiger partial charge on any atom is -0.397 e. The van der Waals surface area contributed by atoms with Gasteiger partial charge in [0.2, 0.25) is 5.95 Å². The molecule has 4 aromatic heterocycles. The molecule has 2 aliphatic rings. The second-order valence-electron chi connectivity index (χ2n) is 9.84. The number of anilines is 2. The summed E-state index contributed by atoms with van der Waals surface area (Å²) in [5.74, 6) is -0.277. The van der Waals surface area contributed by atoms with Crippen LogP contribution in [0.1, 0.15) is 12.5 Å². The number of pyridine rings is 1. The van der Waals surface area contributed by atoms with Crippen LogP contribution in [-0.4, -0.2) is 98.9 Å². The Bertz CT molecular complexity index is 1860. The molecule has 0 aromatic carbocycles. The highest BCUT2D eigenvalue weighted by molar-refractivity contribution is 8.07. The predicted octanol–water partition coefficient (Wildman–Crippen LogP) is -0.154. The third-order valence-electron chi connectivity index (χ3n) is 7.07. The number of fused-ring (bicyclic) bond motifs is 2. The fraction of sp³-hybridized carbons (Fsp3) is 0.476. The van der Waals surface area contributed by atoms with E-state index in [1.54, 1.807) is 0 Å². The van der Waals surface area contributed by atoms with E-state index in [9.17, 15) is 24.3 Å². The summed E-state index contributed by atoms with van der Waals surface area (Å²) in [6.07, 6.45) is -9.80. The van der Waals surface area contributed by atoms with Crippen molar-refractivity contribution in [3.8, 4) is 0 Å². The number of aliphatic hydroxyl groups is 1. The van der Waals surface area contributed by atoms with Gasteiger partial charge in [0, 0.05) is 10.8 Å². The fourth-order valence-electron chi connectivity index (χ4n) is 5.08. The van der Waals surface area contributed by atoms with Crippen molar-refractivity contribution in [1.29, 1.82) is 0 Å². The lowest BCUT2D eigenvalue weighted by Gasteiger charge is -2.26. The Labute approximate surface area is 255 Å². The van der Waals surface area contributed by atoms with Crippen LogP contribution < -0.4 is 17.0 Å². The molecular weight excluding hydrogens is 670 g/mol. The Balaban J connectivity index is 1.22. The van der Waals surface area contributed by atoms with Gasteiger partial charge in [-0.3, -0.25) is 23.4 Å². The lowest BCUT2D eigenvalue weighted by atomic mass is 10.1. The molecule has 2 unspecified atom stereocenters. The number of imidazole rings is 2. The van der Waals surface area contributed by atoms with Gasteiger partial charge < -0.3 is 35.5 Å². The van der Waals surface area contributed by atoms with Gasteiger partial charge in [0.05, 0.1) is 31.6 Å². The molecule has 10 atom stereocenters. The Hall–Kier alpha value is -3.14. The number of hydrogen-bond donors (Lipinski definition) is 6. The summed E-state index contributed by atoms with van der Waals surface area (Å²) in [6, 6.07) is 1.49. The van der Waals surface area contributed by atoms with E-state index < -0.39 is 83.0 Å².